The van der Waals surface area contributed by atoms with E-state index >= 15 is 0 Å². The molecule has 0 aliphatic heterocycles. The molecule has 0 unspecified atom stereocenters. The van der Waals surface area contributed by atoms with Crippen LogP contribution < -0.4 is 0 Å². The maximum absolute atomic E-state index is 5.82. The number of fused-ring (bicyclic) bond motifs is 1. The van der Waals surface area contributed by atoms with Gasteiger partial charge in [0.25, 0.3) is 0 Å². The lowest BCUT2D eigenvalue weighted by Gasteiger charge is -1.98. The van der Waals surface area contributed by atoms with Crippen LogP contribution in [-0.2, 0) is 0 Å². The van der Waals surface area contributed by atoms with Crippen molar-refractivity contribution in [1.29, 1.82) is 0 Å². The Morgan fingerprint density at radius 3 is 3.08 bits per heavy atom. The molecule has 0 bridgehead atoms. The molecule has 0 aromatic carbocycles. The Labute approximate surface area is 74.4 Å². The zero-order chi connectivity index (χ0) is 8.55. The molecule has 2 rings (SSSR count). The van der Waals surface area contributed by atoms with Gasteiger partial charge in [-0.15, -0.1) is 0 Å². The Hall–Kier alpha value is -1.22. The molecule has 0 aliphatic carbocycles. The highest BCUT2D eigenvalue weighted by Crippen LogP contribution is 2.16. The Kier molecular flexibility index (Phi) is 1.66. The molecule has 0 spiro atoms. The van der Waals surface area contributed by atoms with E-state index in [1.54, 1.807) is 6.20 Å². The summed E-state index contributed by atoms with van der Waals surface area (Å²) < 4.78 is 0. The molecule has 3 nitrogen and oxygen atoms in total. The Bertz CT molecular complexity index is 387. The van der Waals surface area contributed by atoms with Crippen molar-refractivity contribution < 1.29 is 0 Å². The molecule has 0 aliphatic rings. The average Bonchev–Trinajstić information content (AvgIpc) is 2.07. The number of hydrogen-bond acceptors (Lipinski definition) is 3. The fourth-order valence-electron chi connectivity index (χ4n) is 1.00. The molecule has 2 heterocycles. The van der Waals surface area contributed by atoms with Crippen LogP contribution in [0.5, 0.6) is 0 Å². The quantitative estimate of drug-likeness (QED) is 0.581. The SMILES string of the molecule is Cc1cc2cncnc2nc1Cl. The molecule has 2 aromatic rings. The van der Waals surface area contributed by atoms with Crippen LogP contribution in [0.3, 0.4) is 0 Å². The third-order valence-electron chi connectivity index (χ3n) is 1.62. The first-order valence-electron chi connectivity index (χ1n) is 3.50. The highest BCUT2D eigenvalue weighted by Gasteiger charge is 2.00. The monoisotopic (exact) mass is 179 g/mol. The normalized spacial score (nSPS) is 10.5. The minimum atomic E-state index is 0.501. The van der Waals surface area contributed by atoms with Crippen LogP contribution in [0.4, 0.5) is 0 Å². The van der Waals surface area contributed by atoms with E-state index in [4.69, 9.17) is 11.6 Å². The van der Waals surface area contributed by atoms with E-state index in [2.05, 4.69) is 15.0 Å². The zero-order valence-corrected chi connectivity index (χ0v) is 7.21. The Balaban J connectivity index is 2.84. The first kappa shape index (κ1) is 7.43. The maximum atomic E-state index is 5.82. The van der Waals surface area contributed by atoms with Gasteiger partial charge in [-0.2, -0.15) is 0 Å². The minimum Gasteiger partial charge on any atom is -0.244 e. The highest BCUT2D eigenvalue weighted by atomic mass is 35.5. The fourth-order valence-corrected chi connectivity index (χ4v) is 1.14. The van der Waals surface area contributed by atoms with E-state index in [1.165, 1.54) is 6.33 Å². The van der Waals surface area contributed by atoms with Gasteiger partial charge in [-0.1, -0.05) is 11.6 Å². The lowest BCUT2D eigenvalue weighted by Crippen LogP contribution is -1.87. The summed E-state index contributed by atoms with van der Waals surface area (Å²) in [5, 5.41) is 1.42. The van der Waals surface area contributed by atoms with Crippen molar-refractivity contribution in [1.82, 2.24) is 15.0 Å². The van der Waals surface area contributed by atoms with Crippen molar-refractivity contribution in [3.63, 3.8) is 0 Å². The van der Waals surface area contributed by atoms with Gasteiger partial charge in [0.15, 0.2) is 5.65 Å². The summed E-state index contributed by atoms with van der Waals surface area (Å²) in [4.78, 5) is 12.0. The molecule has 0 atom stereocenters. The molecule has 0 saturated carbocycles. The van der Waals surface area contributed by atoms with Crippen LogP contribution in [0.25, 0.3) is 11.0 Å². The number of aryl methyl sites for hydroxylation is 1. The first-order valence-corrected chi connectivity index (χ1v) is 3.88. The van der Waals surface area contributed by atoms with E-state index in [1.807, 2.05) is 13.0 Å². The van der Waals surface area contributed by atoms with Crippen molar-refractivity contribution in [3.8, 4) is 0 Å². The first-order chi connectivity index (χ1) is 5.77. The van der Waals surface area contributed by atoms with E-state index in [-0.39, 0.29) is 0 Å². The Morgan fingerprint density at radius 1 is 1.42 bits per heavy atom. The fraction of sp³-hybridized carbons (Fsp3) is 0.125. The Morgan fingerprint density at radius 2 is 2.25 bits per heavy atom. The van der Waals surface area contributed by atoms with Gasteiger partial charge in [0.1, 0.15) is 11.5 Å². The zero-order valence-electron chi connectivity index (χ0n) is 6.45. The molecule has 12 heavy (non-hydrogen) atoms. The van der Waals surface area contributed by atoms with Crippen LogP contribution in [0, 0.1) is 6.92 Å². The molecule has 0 amide bonds. The molecular weight excluding hydrogens is 174 g/mol. The third kappa shape index (κ3) is 1.12. The topological polar surface area (TPSA) is 38.7 Å². The second-order valence-corrected chi connectivity index (χ2v) is 2.89. The number of nitrogens with zero attached hydrogens (tertiary/aromatic N) is 3. The highest BCUT2D eigenvalue weighted by molar-refractivity contribution is 6.30. The summed E-state index contributed by atoms with van der Waals surface area (Å²) in [5.41, 5.74) is 1.58. The molecule has 0 saturated heterocycles. The van der Waals surface area contributed by atoms with Crippen LogP contribution in [0.15, 0.2) is 18.6 Å². The van der Waals surface area contributed by atoms with Crippen molar-refractivity contribution in [2.45, 2.75) is 6.92 Å². The molecule has 0 radical (unpaired) electrons. The molecule has 0 N–H and O–H groups in total. The summed E-state index contributed by atoms with van der Waals surface area (Å²) in [6.07, 6.45) is 3.18. The predicted octanol–water partition coefficient (Wildman–Crippen LogP) is 1.99. The van der Waals surface area contributed by atoms with Crippen molar-refractivity contribution in [2.24, 2.45) is 0 Å². The number of aromatic nitrogens is 3. The van der Waals surface area contributed by atoms with Gasteiger partial charge >= 0.3 is 0 Å². The number of pyridine rings is 1. The second kappa shape index (κ2) is 2.68. The van der Waals surface area contributed by atoms with Crippen molar-refractivity contribution in [3.05, 3.63) is 29.3 Å². The van der Waals surface area contributed by atoms with Crippen molar-refractivity contribution in [2.75, 3.05) is 0 Å². The number of rotatable bonds is 0. The van der Waals surface area contributed by atoms with Crippen LogP contribution >= 0.6 is 11.6 Å². The van der Waals surface area contributed by atoms with Gasteiger partial charge in [0, 0.05) is 11.6 Å². The summed E-state index contributed by atoms with van der Waals surface area (Å²) in [6, 6.07) is 1.92. The van der Waals surface area contributed by atoms with Crippen LogP contribution in [0.1, 0.15) is 5.56 Å². The largest absolute Gasteiger partial charge is 0.244 e. The lowest BCUT2D eigenvalue weighted by atomic mass is 10.2. The molecular formula is C8H6ClN3. The predicted molar refractivity (Wildman–Crippen MR) is 47.1 cm³/mol. The maximum Gasteiger partial charge on any atom is 0.164 e. The standard InChI is InChI=1S/C8H6ClN3/c1-5-2-6-3-10-4-11-8(6)12-7(5)9/h2-4H,1H3. The summed E-state index contributed by atoms with van der Waals surface area (Å²) in [7, 11) is 0. The average molecular weight is 180 g/mol. The van der Waals surface area contributed by atoms with Gasteiger partial charge < -0.3 is 0 Å². The number of halogens is 1. The number of hydrogen-bond donors (Lipinski definition) is 0. The van der Waals surface area contributed by atoms with E-state index in [0.29, 0.717) is 10.8 Å². The summed E-state index contributed by atoms with van der Waals surface area (Å²) in [6.45, 7) is 1.90. The molecule has 4 heteroatoms. The smallest absolute Gasteiger partial charge is 0.164 e. The minimum absolute atomic E-state index is 0.501. The van der Waals surface area contributed by atoms with Gasteiger partial charge in [-0.05, 0) is 18.6 Å². The van der Waals surface area contributed by atoms with Crippen LogP contribution in [0.2, 0.25) is 5.15 Å². The van der Waals surface area contributed by atoms with Gasteiger partial charge in [-0.3, -0.25) is 0 Å². The van der Waals surface area contributed by atoms with E-state index in [0.717, 1.165) is 10.9 Å². The third-order valence-corrected chi connectivity index (χ3v) is 2.00. The summed E-state index contributed by atoms with van der Waals surface area (Å²) in [5.74, 6) is 0. The van der Waals surface area contributed by atoms with Crippen molar-refractivity contribution >= 4 is 22.6 Å². The lowest BCUT2D eigenvalue weighted by molar-refractivity contribution is 1.17. The van der Waals surface area contributed by atoms with E-state index in [9.17, 15) is 0 Å². The van der Waals surface area contributed by atoms with Crippen LogP contribution in [-0.4, -0.2) is 15.0 Å². The molecule has 0 fully saturated rings. The molecule has 60 valence electrons. The second-order valence-electron chi connectivity index (χ2n) is 2.53. The molecule has 2 aromatic heterocycles. The van der Waals surface area contributed by atoms with Gasteiger partial charge in [0.2, 0.25) is 0 Å². The van der Waals surface area contributed by atoms with Gasteiger partial charge in [-0.25, -0.2) is 15.0 Å². The van der Waals surface area contributed by atoms with Gasteiger partial charge in [0.05, 0.1) is 0 Å². The summed E-state index contributed by atoms with van der Waals surface area (Å²) >= 11 is 5.82. The van der Waals surface area contributed by atoms with E-state index < -0.39 is 0 Å².